The monoisotopic (exact) mass is 468 g/mol. The predicted octanol–water partition coefficient (Wildman–Crippen LogP) is 3.52. The second-order valence-electron chi connectivity index (χ2n) is 6.58. The molecule has 0 atom stereocenters. The van der Waals surface area contributed by atoms with Crippen LogP contribution in [0.2, 0.25) is 0 Å². The molecule has 8 heteroatoms. The second-order valence-corrected chi connectivity index (χ2v) is 7.50. The molecule has 0 radical (unpaired) electrons. The first-order chi connectivity index (χ1) is 14.4. The van der Waals surface area contributed by atoms with E-state index in [-0.39, 0.29) is 30.3 Å². The van der Waals surface area contributed by atoms with Gasteiger partial charge in [-0.15, -0.1) is 0 Å². The molecule has 0 saturated carbocycles. The minimum absolute atomic E-state index is 0.132. The molecular formula is C22H21BrN4O3. The van der Waals surface area contributed by atoms with Gasteiger partial charge in [-0.05, 0) is 42.8 Å². The van der Waals surface area contributed by atoms with Gasteiger partial charge in [0.2, 0.25) is 5.91 Å². The van der Waals surface area contributed by atoms with Crippen molar-refractivity contribution in [3.8, 4) is 11.4 Å². The SMILES string of the molecule is CCc1cc(=O)[nH]c(-c2cccc(NC(=O)CCNC(=O)c3ccc(Br)cc3)c2)n1. The van der Waals surface area contributed by atoms with Gasteiger partial charge >= 0.3 is 0 Å². The number of nitrogens with one attached hydrogen (secondary N) is 3. The lowest BCUT2D eigenvalue weighted by molar-refractivity contribution is -0.116. The van der Waals surface area contributed by atoms with Crippen molar-refractivity contribution in [1.82, 2.24) is 15.3 Å². The van der Waals surface area contributed by atoms with Crippen LogP contribution in [0, 0.1) is 0 Å². The van der Waals surface area contributed by atoms with Crippen LogP contribution in [0.15, 0.2) is 63.9 Å². The minimum Gasteiger partial charge on any atom is -0.352 e. The van der Waals surface area contributed by atoms with Gasteiger partial charge in [0.05, 0.1) is 0 Å². The molecule has 0 aliphatic rings. The van der Waals surface area contributed by atoms with Crippen LogP contribution >= 0.6 is 15.9 Å². The molecule has 0 unspecified atom stereocenters. The van der Waals surface area contributed by atoms with Crippen molar-refractivity contribution in [1.29, 1.82) is 0 Å². The van der Waals surface area contributed by atoms with Crippen molar-refractivity contribution < 1.29 is 9.59 Å². The molecule has 3 rings (SSSR count). The maximum Gasteiger partial charge on any atom is 0.251 e. The van der Waals surface area contributed by atoms with Crippen LogP contribution in [0.5, 0.6) is 0 Å². The molecule has 3 N–H and O–H groups in total. The zero-order chi connectivity index (χ0) is 21.5. The van der Waals surface area contributed by atoms with Crippen LogP contribution in [-0.2, 0) is 11.2 Å². The number of halogens is 1. The minimum atomic E-state index is -0.233. The summed E-state index contributed by atoms with van der Waals surface area (Å²) in [6.07, 6.45) is 0.784. The van der Waals surface area contributed by atoms with E-state index in [1.54, 1.807) is 42.5 Å². The lowest BCUT2D eigenvalue weighted by atomic mass is 10.1. The van der Waals surface area contributed by atoms with Crippen LogP contribution in [0.1, 0.15) is 29.4 Å². The number of aryl methyl sites for hydroxylation is 1. The quantitative estimate of drug-likeness (QED) is 0.493. The number of benzene rings is 2. The molecule has 0 spiro atoms. The third-order valence-corrected chi connectivity index (χ3v) is 4.85. The molecule has 0 bridgehead atoms. The number of H-pyrrole nitrogens is 1. The number of aromatic nitrogens is 2. The number of hydrogen-bond donors (Lipinski definition) is 3. The van der Waals surface area contributed by atoms with Crippen LogP contribution < -0.4 is 16.2 Å². The molecule has 3 aromatic rings. The number of rotatable bonds is 7. The van der Waals surface area contributed by atoms with E-state index >= 15 is 0 Å². The van der Waals surface area contributed by atoms with E-state index in [0.29, 0.717) is 34.8 Å². The molecular weight excluding hydrogens is 448 g/mol. The fourth-order valence-corrected chi connectivity index (χ4v) is 3.05. The molecule has 154 valence electrons. The van der Waals surface area contributed by atoms with Crippen molar-refractivity contribution in [3.05, 3.63) is 80.7 Å². The van der Waals surface area contributed by atoms with Crippen LogP contribution in [0.25, 0.3) is 11.4 Å². The number of nitrogens with zero attached hydrogens (tertiary/aromatic N) is 1. The average Bonchev–Trinajstić information content (AvgIpc) is 2.73. The largest absolute Gasteiger partial charge is 0.352 e. The van der Waals surface area contributed by atoms with Gasteiger partial charge in [0, 0.05) is 46.0 Å². The Labute approximate surface area is 182 Å². The Kier molecular flexibility index (Phi) is 7.13. The normalized spacial score (nSPS) is 10.5. The maximum atomic E-state index is 12.2. The van der Waals surface area contributed by atoms with Crippen molar-refractivity contribution in [3.63, 3.8) is 0 Å². The molecule has 7 nitrogen and oxygen atoms in total. The Hall–Kier alpha value is -3.26. The summed E-state index contributed by atoms with van der Waals surface area (Å²) in [5, 5.41) is 5.53. The van der Waals surface area contributed by atoms with E-state index in [4.69, 9.17) is 0 Å². The summed E-state index contributed by atoms with van der Waals surface area (Å²) in [4.78, 5) is 43.3. The maximum absolute atomic E-state index is 12.2. The Balaban J connectivity index is 1.57. The van der Waals surface area contributed by atoms with Gasteiger partial charge in [-0.25, -0.2) is 4.98 Å². The van der Waals surface area contributed by atoms with E-state index in [0.717, 1.165) is 4.47 Å². The molecule has 2 amide bonds. The summed E-state index contributed by atoms with van der Waals surface area (Å²) in [6.45, 7) is 2.14. The third kappa shape index (κ3) is 5.87. The molecule has 30 heavy (non-hydrogen) atoms. The summed E-state index contributed by atoms with van der Waals surface area (Å²) in [5.41, 5.74) is 2.30. The van der Waals surface area contributed by atoms with Crippen molar-refractivity contribution >= 4 is 33.4 Å². The Morgan fingerprint density at radius 3 is 2.60 bits per heavy atom. The van der Waals surface area contributed by atoms with E-state index in [2.05, 4.69) is 36.5 Å². The van der Waals surface area contributed by atoms with E-state index < -0.39 is 0 Å². The summed E-state index contributed by atoms with van der Waals surface area (Å²) in [7, 11) is 0. The average molecular weight is 469 g/mol. The zero-order valence-electron chi connectivity index (χ0n) is 16.4. The highest BCUT2D eigenvalue weighted by Gasteiger charge is 2.09. The molecule has 0 aliphatic heterocycles. The number of aromatic amines is 1. The zero-order valence-corrected chi connectivity index (χ0v) is 18.0. The van der Waals surface area contributed by atoms with Crippen LogP contribution in [0.4, 0.5) is 5.69 Å². The first-order valence-corrected chi connectivity index (χ1v) is 10.3. The lowest BCUT2D eigenvalue weighted by Gasteiger charge is -2.09. The van der Waals surface area contributed by atoms with E-state index in [1.165, 1.54) is 6.07 Å². The van der Waals surface area contributed by atoms with Crippen LogP contribution in [-0.4, -0.2) is 28.3 Å². The predicted molar refractivity (Wildman–Crippen MR) is 119 cm³/mol. The summed E-state index contributed by atoms with van der Waals surface area (Å²) in [5.74, 6) is -0.00707. The van der Waals surface area contributed by atoms with Gasteiger partial charge in [-0.1, -0.05) is 35.0 Å². The van der Waals surface area contributed by atoms with Crippen molar-refractivity contribution in [2.45, 2.75) is 19.8 Å². The topological polar surface area (TPSA) is 104 Å². The fourth-order valence-electron chi connectivity index (χ4n) is 2.79. The molecule has 1 heterocycles. The molecule has 0 fully saturated rings. The Morgan fingerprint density at radius 1 is 1.10 bits per heavy atom. The summed E-state index contributed by atoms with van der Waals surface area (Å²) in [6, 6.07) is 15.5. The van der Waals surface area contributed by atoms with Gasteiger partial charge in [-0.2, -0.15) is 0 Å². The lowest BCUT2D eigenvalue weighted by Crippen LogP contribution is -2.27. The first-order valence-electron chi connectivity index (χ1n) is 9.49. The van der Waals surface area contributed by atoms with Gasteiger partial charge in [0.1, 0.15) is 5.82 Å². The standard InChI is InChI=1S/C22H21BrN4O3/c1-2-17-13-20(29)27-21(26-17)15-4-3-5-18(12-15)25-19(28)10-11-24-22(30)14-6-8-16(23)9-7-14/h3-9,12-13H,2,10-11H2,1H3,(H,24,30)(H,25,28)(H,26,27,29). The number of carbonyl (C=O) groups is 2. The van der Waals surface area contributed by atoms with Gasteiger partial charge in [-0.3, -0.25) is 14.4 Å². The Bertz CT molecular complexity index is 1110. The van der Waals surface area contributed by atoms with Gasteiger partial charge in [0.15, 0.2) is 0 Å². The summed E-state index contributed by atoms with van der Waals surface area (Å²) < 4.78 is 0.890. The highest BCUT2D eigenvalue weighted by Crippen LogP contribution is 2.19. The Morgan fingerprint density at radius 2 is 1.87 bits per heavy atom. The van der Waals surface area contributed by atoms with Crippen molar-refractivity contribution in [2.24, 2.45) is 0 Å². The molecule has 0 aliphatic carbocycles. The van der Waals surface area contributed by atoms with E-state index in [9.17, 15) is 14.4 Å². The van der Waals surface area contributed by atoms with E-state index in [1.807, 2.05) is 13.0 Å². The van der Waals surface area contributed by atoms with Gasteiger partial charge in [0.25, 0.3) is 11.5 Å². The smallest absolute Gasteiger partial charge is 0.251 e. The second kappa shape index (κ2) is 9.98. The number of amides is 2. The van der Waals surface area contributed by atoms with Gasteiger partial charge < -0.3 is 15.6 Å². The van der Waals surface area contributed by atoms with Crippen LogP contribution in [0.3, 0.4) is 0 Å². The number of hydrogen-bond acceptors (Lipinski definition) is 4. The highest BCUT2D eigenvalue weighted by atomic mass is 79.9. The molecule has 1 aromatic heterocycles. The number of carbonyl (C=O) groups excluding carboxylic acids is 2. The number of anilines is 1. The molecule has 2 aromatic carbocycles. The van der Waals surface area contributed by atoms with Crippen molar-refractivity contribution in [2.75, 3.05) is 11.9 Å². The first kappa shape index (κ1) is 21.4. The highest BCUT2D eigenvalue weighted by molar-refractivity contribution is 9.10. The third-order valence-electron chi connectivity index (χ3n) is 4.32. The fraction of sp³-hybridized carbons (Fsp3) is 0.182. The molecule has 0 saturated heterocycles. The summed E-state index contributed by atoms with van der Waals surface area (Å²) >= 11 is 3.32.